The number of nitrogens with zero attached hydrogens (tertiary/aromatic N) is 4. The Morgan fingerprint density at radius 1 is 1.02 bits per heavy atom. The summed E-state index contributed by atoms with van der Waals surface area (Å²) in [4.78, 5) is 29.2. The smallest absolute Gasteiger partial charge is 0.282 e. The van der Waals surface area contributed by atoms with E-state index in [0.717, 1.165) is 22.4 Å². The van der Waals surface area contributed by atoms with Crippen LogP contribution in [0.1, 0.15) is 42.0 Å². The van der Waals surface area contributed by atoms with E-state index in [4.69, 9.17) is 14.5 Å². The Hall–Kier alpha value is -5.31. The fourth-order valence-corrected chi connectivity index (χ4v) is 4.71. The van der Waals surface area contributed by atoms with Gasteiger partial charge in [-0.05, 0) is 71.5 Å². The zero-order chi connectivity index (χ0) is 29.8. The van der Waals surface area contributed by atoms with Crippen molar-refractivity contribution in [2.24, 2.45) is 5.10 Å². The summed E-state index contributed by atoms with van der Waals surface area (Å²) in [7, 11) is 1.65. The van der Waals surface area contributed by atoms with Gasteiger partial charge in [0.05, 0.1) is 29.2 Å². The average molecular weight is 563 g/mol. The molecule has 0 radical (unpaired) electrons. The molecule has 0 saturated carbocycles. The van der Waals surface area contributed by atoms with Crippen molar-refractivity contribution in [3.05, 3.63) is 128 Å². The normalized spacial score (nSPS) is 11.4. The number of hydrogen-bond donors (Lipinski definition) is 0. The van der Waals surface area contributed by atoms with Crippen LogP contribution in [-0.2, 0) is 6.61 Å². The van der Waals surface area contributed by atoms with Crippen molar-refractivity contribution in [2.75, 3.05) is 7.11 Å². The van der Waals surface area contributed by atoms with Crippen LogP contribution in [0.4, 0.5) is 5.69 Å². The van der Waals surface area contributed by atoms with Crippen molar-refractivity contribution in [1.82, 2.24) is 9.66 Å². The standard InChI is InChI=1S/C33H30N4O5/c1-21(2)28-18-29(22(3)15-31(28)41-4)32-35-30-14-6-5-13-27(30)33(38)36(32)34-19-23-9-8-12-26(17-23)42-20-24-10-7-11-25(16-24)37(39)40/h5-19,21H,20H2,1-4H3. The van der Waals surface area contributed by atoms with Gasteiger partial charge >= 0.3 is 0 Å². The SMILES string of the molecule is COc1cc(C)c(-c2nc3ccccc3c(=O)n2N=Cc2cccc(OCc3cccc([N+](=O)[O-])c3)c2)cc1C(C)C. The number of rotatable bonds is 9. The summed E-state index contributed by atoms with van der Waals surface area (Å²) in [5.41, 5.74) is 4.38. The molecule has 4 aromatic carbocycles. The van der Waals surface area contributed by atoms with Crippen LogP contribution < -0.4 is 15.0 Å². The zero-order valence-corrected chi connectivity index (χ0v) is 23.8. The van der Waals surface area contributed by atoms with E-state index in [2.05, 4.69) is 18.9 Å². The predicted octanol–water partition coefficient (Wildman–Crippen LogP) is 6.87. The molecule has 5 aromatic rings. The molecule has 0 spiro atoms. The summed E-state index contributed by atoms with van der Waals surface area (Å²) in [6.07, 6.45) is 1.59. The number of benzene rings is 4. The minimum Gasteiger partial charge on any atom is -0.496 e. The highest BCUT2D eigenvalue weighted by atomic mass is 16.6. The molecule has 9 heteroatoms. The molecule has 9 nitrogen and oxygen atoms in total. The molecule has 0 unspecified atom stereocenters. The zero-order valence-electron chi connectivity index (χ0n) is 23.8. The molecule has 42 heavy (non-hydrogen) atoms. The van der Waals surface area contributed by atoms with Gasteiger partial charge in [-0.1, -0.05) is 50.2 Å². The van der Waals surface area contributed by atoms with Crippen LogP contribution in [-0.4, -0.2) is 27.9 Å². The molecular formula is C33H30N4O5. The second-order valence-corrected chi connectivity index (χ2v) is 10.2. The Balaban J connectivity index is 1.53. The maximum atomic E-state index is 13.7. The highest BCUT2D eigenvalue weighted by Crippen LogP contribution is 2.34. The van der Waals surface area contributed by atoms with Crippen molar-refractivity contribution >= 4 is 22.8 Å². The first-order valence-corrected chi connectivity index (χ1v) is 13.5. The van der Waals surface area contributed by atoms with Gasteiger partial charge in [-0.3, -0.25) is 14.9 Å². The molecule has 0 fully saturated rings. The number of hydrogen-bond acceptors (Lipinski definition) is 7. The number of methoxy groups -OCH3 is 1. The van der Waals surface area contributed by atoms with Crippen molar-refractivity contribution in [3.8, 4) is 22.9 Å². The van der Waals surface area contributed by atoms with E-state index >= 15 is 0 Å². The number of para-hydroxylation sites is 1. The summed E-state index contributed by atoms with van der Waals surface area (Å²) >= 11 is 0. The topological polar surface area (TPSA) is 109 Å². The summed E-state index contributed by atoms with van der Waals surface area (Å²) in [5, 5.41) is 16.1. The highest BCUT2D eigenvalue weighted by molar-refractivity contribution is 5.82. The van der Waals surface area contributed by atoms with Gasteiger partial charge in [0, 0.05) is 17.7 Å². The van der Waals surface area contributed by atoms with Gasteiger partial charge in [0.15, 0.2) is 5.82 Å². The lowest BCUT2D eigenvalue weighted by atomic mass is 9.96. The van der Waals surface area contributed by atoms with Crippen molar-refractivity contribution in [2.45, 2.75) is 33.3 Å². The largest absolute Gasteiger partial charge is 0.496 e. The second kappa shape index (κ2) is 12.1. The Morgan fingerprint density at radius 2 is 1.81 bits per heavy atom. The average Bonchev–Trinajstić information content (AvgIpc) is 2.99. The molecule has 0 bridgehead atoms. The first kappa shape index (κ1) is 28.2. The Kier molecular flexibility index (Phi) is 8.10. The van der Waals surface area contributed by atoms with Crippen molar-refractivity contribution in [3.63, 3.8) is 0 Å². The Labute approximate surface area is 242 Å². The quantitative estimate of drug-likeness (QED) is 0.110. The van der Waals surface area contributed by atoms with Gasteiger partial charge < -0.3 is 9.47 Å². The molecule has 0 aliphatic carbocycles. The van der Waals surface area contributed by atoms with Gasteiger partial charge in [0.25, 0.3) is 11.2 Å². The van der Waals surface area contributed by atoms with Crippen LogP contribution in [0.3, 0.4) is 0 Å². The number of nitro groups is 1. The van der Waals surface area contributed by atoms with E-state index in [1.807, 2.05) is 43.3 Å². The van der Waals surface area contributed by atoms with E-state index in [1.165, 1.54) is 16.8 Å². The van der Waals surface area contributed by atoms with Crippen LogP contribution in [0.5, 0.6) is 11.5 Å². The van der Waals surface area contributed by atoms with E-state index in [9.17, 15) is 14.9 Å². The van der Waals surface area contributed by atoms with Crippen LogP contribution in [0.2, 0.25) is 0 Å². The van der Waals surface area contributed by atoms with Crippen molar-refractivity contribution < 1.29 is 14.4 Å². The van der Waals surface area contributed by atoms with Gasteiger partial charge in [-0.25, -0.2) is 4.98 Å². The van der Waals surface area contributed by atoms with E-state index < -0.39 is 4.92 Å². The van der Waals surface area contributed by atoms with Crippen molar-refractivity contribution in [1.29, 1.82) is 0 Å². The van der Waals surface area contributed by atoms with Crippen LogP contribution >= 0.6 is 0 Å². The highest BCUT2D eigenvalue weighted by Gasteiger charge is 2.18. The molecule has 1 aromatic heterocycles. The number of fused-ring (bicyclic) bond motifs is 1. The van der Waals surface area contributed by atoms with Crippen LogP contribution in [0, 0.1) is 17.0 Å². The maximum Gasteiger partial charge on any atom is 0.282 e. The van der Waals surface area contributed by atoms with Crippen LogP contribution in [0.15, 0.2) is 94.8 Å². The van der Waals surface area contributed by atoms with Gasteiger partial charge in [-0.2, -0.15) is 9.78 Å². The number of non-ortho nitro benzene ring substituents is 1. The third kappa shape index (κ3) is 5.90. The van der Waals surface area contributed by atoms with Gasteiger partial charge in [0.1, 0.15) is 18.1 Å². The van der Waals surface area contributed by atoms with E-state index in [-0.39, 0.29) is 23.8 Å². The lowest BCUT2D eigenvalue weighted by Crippen LogP contribution is -2.20. The lowest BCUT2D eigenvalue weighted by molar-refractivity contribution is -0.384. The molecule has 212 valence electrons. The summed E-state index contributed by atoms with van der Waals surface area (Å²) in [5.74, 6) is 1.96. The number of aromatic nitrogens is 2. The lowest BCUT2D eigenvalue weighted by Gasteiger charge is -2.17. The molecule has 0 aliphatic heterocycles. The number of ether oxygens (including phenoxy) is 2. The van der Waals surface area contributed by atoms with Gasteiger partial charge in [0.2, 0.25) is 0 Å². The molecule has 0 aliphatic rings. The minimum absolute atomic E-state index is 0.00911. The minimum atomic E-state index is -0.435. The maximum absolute atomic E-state index is 13.7. The molecule has 5 rings (SSSR count). The van der Waals surface area contributed by atoms with E-state index in [0.29, 0.717) is 33.6 Å². The molecule has 0 N–H and O–H groups in total. The second-order valence-electron chi connectivity index (χ2n) is 10.2. The third-order valence-corrected chi connectivity index (χ3v) is 6.90. The summed E-state index contributed by atoms with van der Waals surface area (Å²) in [6.45, 7) is 6.29. The van der Waals surface area contributed by atoms with Crippen LogP contribution in [0.25, 0.3) is 22.3 Å². The predicted molar refractivity (Wildman–Crippen MR) is 164 cm³/mol. The Morgan fingerprint density at radius 3 is 2.57 bits per heavy atom. The first-order valence-electron chi connectivity index (χ1n) is 13.5. The summed E-state index contributed by atoms with van der Waals surface area (Å²) in [6, 6.07) is 24.7. The third-order valence-electron chi connectivity index (χ3n) is 6.90. The number of aryl methyl sites for hydroxylation is 1. The molecule has 0 saturated heterocycles. The summed E-state index contributed by atoms with van der Waals surface area (Å²) < 4.78 is 12.8. The monoisotopic (exact) mass is 562 g/mol. The van der Waals surface area contributed by atoms with E-state index in [1.54, 1.807) is 49.7 Å². The fourth-order valence-electron chi connectivity index (χ4n) is 4.71. The van der Waals surface area contributed by atoms with Gasteiger partial charge in [-0.15, -0.1) is 0 Å². The first-order chi connectivity index (χ1) is 20.2. The fraction of sp³-hybridized carbons (Fsp3) is 0.182. The Bertz CT molecular complexity index is 1880. The molecule has 1 heterocycles. The molecule has 0 atom stereocenters. The molecule has 0 amide bonds. The number of nitro benzene ring substituents is 1. The molecular weight excluding hydrogens is 532 g/mol.